The highest BCUT2D eigenvalue weighted by Crippen LogP contribution is 2.31. The number of hydrogen-bond donors (Lipinski definition) is 2. The molecule has 0 saturated carbocycles. The summed E-state index contributed by atoms with van der Waals surface area (Å²) >= 11 is 1.34. The highest BCUT2D eigenvalue weighted by molar-refractivity contribution is 7.12. The van der Waals surface area contributed by atoms with E-state index in [1.54, 1.807) is 13.2 Å². The second kappa shape index (κ2) is 11.5. The topological polar surface area (TPSA) is 76.7 Å². The van der Waals surface area contributed by atoms with Gasteiger partial charge < -0.3 is 20.1 Å². The molecule has 33 heavy (non-hydrogen) atoms. The molecule has 1 aromatic heterocycles. The maximum absolute atomic E-state index is 13.2. The van der Waals surface area contributed by atoms with Crippen molar-refractivity contribution in [1.82, 2.24) is 10.6 Å². The molecule has 2 atom stereocenters. The van der Waals surface area contributed by atoms with Crippen LogP contribution in [0.1, 0.15) is 47.6 Å². The van der Waals surface area contributed by atoms with E-state index < -0.39 is 6.04 Å². The summed E-state index contributed by atoms with van der Waals surface area (Å²) in [5.41, 5.74) is 1.84. The van der Waals surface area contributed by atoms with Gasteiger partial charge in [0.1, 0.15) is 6.04 Å². The summed E-state index contributed by atoms with van der Waals surface area (Å²) in [7, 11) is 1.59. The lowest BCUT2D eigenvalue weighted by Gasteiger charge is -2.22. The van der Waals surface area contributed by atoms with E-state index in [9.17, 15) is 9.59 Å². The maximum atomic E-state index is 13.2. The van der Waals surface area contributed by atoms with Gasteiger partial charge in [0.25, 0.3) is 5.91 Å². The minimum absolute atomic E-state index is 0.0209. The number of carbonyl (C=O) groups is 2. The van der Waals surface area contributed by atoms with Gasteiger partial charge in [0.2, 0.25) is 5.91 Å². The summed E-state index contributed by atoms with van der Waals surface area (Å²) in [6.45, 7) is 5.80. The van der Waals surface area contributed by atoms with Gasteiger partial charge in [-0.15, -0.1) is 11.3 Å². The summed E-state index contributed by atoms with van der Waals surface area (Å²) in [5, 5.41) is 7.76. The van der Waals surface area contributed by atoms with Crippen LogP contribution in [0.25, 0.3) is 0 Å². The molecule has 2 aromatic carbocycles. The Morgan fingerprint density at radius 3 is 2.33 bits per heavy atom. The number of hydrogen-bond acceptors (Lipinski definition) is 5. The third-order valence-corrected chi connectivity index (χ3v) is 5.93. The van der Waals surface area contributed by atoms with Crippen molar-refractivity contribution in [2.24, 2.45) is 0 Å². The van der Waals surface area contributed by atoms with E-state index >= 15 is 0 Å². The lowest BCUT2D eigenvalue weighted by Crippen LogP contribution is -2.48. The highest BCUT2D eigenvalue weighted by Gasteiger charge is 2.24. The Morgan fingerprint density at radius 1 is 0.939 bits per heavy atom. The molecule has 0 spiro atoms. The average molecular weight is 467 g/mol. The molecular weight excluding hydrogens is 436 g/mol. The molecule has 2 amide bonds. The van der Waals surface area contributed by atoms with E-state index in [2.05, 4.69) is 10.6 Å². The van der Waals surface area contributed by atoms with E-state index in [4.69, 9.17) is 9.47 Å². The molecule has 174 valence electrons. The van der Waals surface area contributed by atoms with Crippen LogP contribution < -0.4 is 20.1 Å². The molecule has 2 N–H and O–H groups in total. The predicted molar refractivity (Wildman–Crippen MR) is 131 cm³/mol. The molecule has 0 fully saturated rings. The summed E-state index contributed by atoms with van der Waals surface area (Å²) in [6, 6.07) is 17.8. The summed E-state index contributed by atoms with van der Waals surface area (Å²) in [6.07, 6.45) is 0.411. The van der Waals surface area contributed by atoms with E-state index in [-0.39, 0.29) is 24.0 Å². The molecule has 0 saturated heterocycles. The largest absolute Gasteiger partial charge is 0.493 e. The van der Waals surface area contributed by atoms with Crippen LogP contribution in [-0.2, 0) is 11.2 Å². The van der Waals surface area contributed by atoms with Crippen molar-refractivity contribution in [3.05, 3.63) is 82.0 Å². The third-order valence-electron chi connectivity index (χ3n) is 5.06. The van der Waals surface area contributed by atoms with Crippen molar-refractivity contribution in [1.29, 1.82) is 0 Å². The minimum Gasteiger partial charge on any atom is -0.493 e. The Bertz CT molecular complexity index is 1050. The van der Waals surface area contributed by atoms with Crippen LogP contribution in [0, 0.1) is 0 Å². The smallest absolute Gasteiger partial charge is 0.262 e. The molecule has 3 rings (SSSR count). The van der Waals surface area contributed by atoms with E-state index in [0.717, 1.165) is 11.1 Å². The Labute approximate surface area is 198 Å². The van der Waals surface area contributed by atoms with Gasteiger partial charge in [-0.05, 0) is 55.5 Å². The van der Waals surface area contributed by atoms with Crippen LogP contribution in [0.4, 0.5) is 0 Å². The van der Waals surface area contributed by atoms with Crippen LogP contribution in [0.15, 0.2) is 66.0 Å². The van der Waals surface area contributed by atoms with E-state index in [1.807, 2.05) is 80.7 Å². The van der Waals surface area contributed by atoms with Gasteiger partial charge in [-0.2, -0.15) is 0 Å². The van der Waals surface area contributed by atoms with Crippen LogP contribution >= 0.6 is 11.3 Å². The zero-order chi connectivity index (χ0) is 23.8. The number of thiophene rings is 1. The molecule has 6 nitrogen and oxygen atoms in total. The second-order valence-corrected chi connectivity index (χ2v) is 8.95. The number of carbonyl (C=O) groups excluding carboxylic acids is 2. The SMILES string of the molecule is COc1cc(C(C)NC(=O)C(Cc2ccccc2)NC(=O)c2cccs2)ccc1OC(C)C. The van der Waals surface area contributed by atoms with Crippen molar-refractivity contribution in [3.63, 3.8) is 0 Å². The quantitative estimate of drug-likeness (QED) is 0.452. The number of benzene rings is 2. The fourth-order valence-corrected chi connectivity index (χ4v) is 4.03. The van der Waals surface area contributed by atoms with Crippen molar-refractivity contribution in [2.45, 2.75) is 45.4 Å². The highest BCUT2D eigenvalue weighted by atomic mass is 32.1. The molecule has 0 aliphatic heterocycles. The van der Waals surface area contributed by atoms with Crippen molar-refractivity contribution >= 4 is 23.2 Å². The predicted octanol–water partition coefficient (Wildman–Crippen LogP) is 4.76. The fourth-order valence-electron chi connectivity index (χ4n) is 3.40. The molecule has 0 radical (unpaired) electrons. The normalized spacial score (nSPS) is 12.6. The van der Waals surface area contributed by atoms with E-state index in [0.29, 0.717) is 22.8 Å². The monoisotopic (exact) mass is 466 g/mol. The van der Waals surface area contributed by atoms with Gasteiger partial charge in [-0.25, -0.2) is 0 Å². The zero-order valence-corrected chi connectivity index (χ0v) is 20.1. The first kappa shape index (κ1) is 24.3. The summed E-state index contributed by atoms with van der Waals surface area (Å²) in [4.78, 5) is 26.5. The zero-order valence-electron chi connectivity index (χ0n) is 19.3. The first-order valence-corrected chi connectivity index (χ1v) is 11.8. The van der Waals surface area contributed by atoms with Gasteiger partial charge in [0, 0.05) is 6.42 Å². The molecule has 0 aliphatic rings. The number of ether oxygens (including phenoxy) is 2. The minimum atomic E-state index is -0.713. The number of methoxy groups -OCH3 is 1. The molecule has 1 heterocycles. The third kappa shape index (κ3) is 6.83. The molecule has 7 heteroatoms. The molecule has 2 unspecified atom stereocenters. The average Bonchev–Trinajstić information content (AvgIpc) is 3.34. The number of rotatable bonds is 10. The summed E-state index contributed by atoms with van der Waals surface area (Å²) in [5.74, 6) is 0.748. The molecular formula is C26H30N2O4S. The van der Waals surface area contributed by atoms with Crippen LogP contribution in [0.5, 0.6) is 11.5 Å². The Balaban J connectivity index is 1.75. The molecule has 0 aliphatic carbocycles. The van der Waals surface area contributed by atoms with Gasteiger partial charge in [-0.1, -0.05) is 42.5 Å². The van der Waals surface area contributed by atoms with Gasteiger partial charge in [0.15, 0.2) is 11.5 Å². The van der Waals surface area contributed by atoms with Crippen LogP contribution in [-0.4, -0.2) is 31.1 Å². The molecule has 0 bridgehead atoms. The Morgan fingerprint density at radius 2 is 1.70 bits per heavy atom. The lowest BCUT2D eigenvalue weighted by molar-refractivity contribution is -0.123. The maximum Gasteiger partial charge on any atom is 0.262 e. The number of nitrogens with one attached hydrogen (secondary N) is 2. The van der Waals surface area contributed by atoms with Gasteiger partial charge >= 0.3 is 0 Å². The van der Waals surface area contributed by atoms with Gasteiger partial charge in [0.05, 0.1) is 24.1 Å². The van der Waals surface area contributed by atoms with Crippen molar-refractivity contribution in [3.8, 4) is 11.5 Å². The first-order chi connectivity index (χ1) is 15.9. The molecule has 3 aromatic rings. The number of amides is 2. The summed E-state index contributed by atoms with van der Waals surface area (Å²) < 4.78 is 11.2. The second-order valence-electron chi connectivity index (χ2n) is 8.00. The van der Waals surface area contributed by atoms with Gasteiger partial charge in [-0.3, -0.25) is 9.59 Å². The fraction of sp³-hybridized carbons (Fsp3) is 0.308. The first-order valence-electron chi connectivity index (χ1n) is 10.9. The standard InChI is InChI=1S/C26H30N2O4S/c1-17(2)32-22-13-12-20(16-23(22)31-4)18(3)27-25(29)21(15-19-9-6-5-7-10-19)28-26(30)24-11-8-14-33-24/h5-14,16-18,21H,15H2,1-4H3,(H,27,29)(H,28,30). The van der Waals surface area contributed by atoms with Crippen molar-refractivity contribution in [2.75, 3.05) is 7.11 Å². The Hall–Kier alpha value is -3.32. The van der Waals surface area contributed by atoms with E-state index in [1.165, 1.54) is 11.3 Å². The van der Waals surface area contributed by atoms with Crippen LogP contribution in [0.2, 0.25) is 0 Å². The Kier molecular flexibility index (Phi) is 8.49. The van der Waals surface area contributed by atoms with Crippen LogP contribution in [0.3, 0.4) is 0 Å². The lowest BCUT2D eigenvalue weighted by atomic mass is 10.0. The van der Waals surface area contributed by atoms with Crippen molar-refractivity contribution < 1.29 is 19.1 Å².